The third kappa shape index (κ3) is 1.40. The number of fused-ring (bicyclic) bond motifs is 1. The van der Waals surface area contributed by atoms with Crippen molar-refractivity contribution in [1.29, 1.82) is 0 Å². The quantitative estimate of drug-likeness (QED) is 0.743. The fraction of sp³-hybridized carbons (Fsp3) is 0.143. The number of aromatic amines is 1. The number of hydrogen-bond acceptors (Lipinski definition) is 4. The summed E-state index contributed by atoms with van der Waals surface area (Å²) in [5, 5.41) is 0.331. The van der Waals surface area contributed by atoms with Gasteiger partial charge < -0.3 is 9.72 Å². The fourth-order valence-corrected chi connectivity index (χ4v) is 2.13. The van der Waals surface area contributed by atoms with Gasteiger partial charge in [0.15, 0.2) is 0 Å². The van der Waals surface area contributed by atoms with Crippen molar-refractivity contribution in [2.45, 2.75) is 0 Å². The lowest BCUT2D eigenvalue weighted by Gasteiger charge is -1.90. The van der Waals surface area contributed by atoms with Crippen molar-refractivity contribution in [1.82, 2.24) is 9.97 Å². The minimum Gasteiger partial charge on any atom is -0.465 e. The highest BCUT2D eigenvalue weighted by Crippen LogP contribution is 2.25. The molecule has 0 radical (unpaired) electrons. The molecule has 0 aliphatic carbocycles. The molecule has 2 heterocycles. The van der Waals surface area contributed by atoms with Gasteiger partial charge in [0.1, 0.15) is 9.71 Å². The molecule has 0 fully saturated rings. The van der Waals surface area contributed by atoms with Crippen LogP contribution in [0.2, 0.25) is 5.28 Å². The van der Waals surface area contributed by atoms with E-state index in [1.165, 1.54) is 18.4 Å². The Morgan fingerprint density at radius 1 is 1.77 bits per heavy atom. The van der Waals surface area contributed by atoms with Crippen molar-refractivity contribution in [3.05, 3.63) is 16.2 Å². The Hall–Kier alpha value is -1.07. The summed E-state index contributed by atoms with van der Waals surface area (Å²) in [6, 6.07) is 1.67. The molecule has 2 rings (SSSR count). The second-order valence-corrected chi connectivity index (χ2v) is 3.74. The van der Waals surface area contributed by atoms with E-state index in [1.807, 2.05) is 0 Å². The Kier molecular flexibility index (Phi) is 1.97. The Bertz CT molecular complexity index is 430. The molecule has 0 bridgehead atoms. The van der Waals surface area contributed by atoms with Gasteiger partial charge in [0.05, 0.1) is 12.6 Å². The van der Waals surface area contributed by atoms with Crippen molar-refractivity contribution in [3.8, 4) is 0 Å². The highest BCUT2D eigenvalue weighted by atomic mass is 35.5. The van der Waals surface area contributed by atoms with Crippen molar-refractivity contribution in [2.75, 3.05) is 7.11 Å². The molecule has 13 heavy (non-hydrogen) atoms. The lowest BCUT2D eigenvalue weighted by molar-refractivity contribution is 0.0606. The summed E-state index contributed by atoms with van der Waals surface area (Å²) in [6.45, 7) is 0. The number of esters is 1. The molecule has 0 aliphatic rings. The van der Waals surface area contributed by atoms with Gasteiger partial charge in [0.2, 0.25) is 5.28 Å². The van der Waals surface area contributed by atoms with Gasteiger partial charge in [0, 0.05) is 0 Å². The topological polar surface area (TPSA) is 55.0 Å². The average Bonchev–Trinajstić information content (AvgIpc) is 2.59. The molecule has 0 saturated heterocycles. The van der Waals surface area contributed by atoms with Gasteiger partial charge in [-0.15, -0.1) is 11.3 Å². The van der Waals surface area contributed by atoms with Crippen molar-refractivity contribution in [3.63, 3.8) is 0 Å². The molecule has 0 unspecified atom stereocenters. The van der Waals surface area contributed by atoms with E-state index in [4.69, 9.17) is 11.6 Å². The number of thiophene rings is 1. The van der Waals surface area contributed by atoms with Crippen LogP contribution < -0.4 is 0 Å². The molecule has 2 aromatic heterocycles. The molecule has 2 aromatic rings. The fourth-order valence-electron chi connectivity index (χ4n) is 0.983. The number of rotatable bonds is 1. The smallest absolute Gasteiger partial charge is 0.348 e. The molecule has 0 aromatic carbocycles. The molecule has 0 amide bonds. The molecule has 4 nitrogen and oxygen atoms in total. The zero-order valence-electron chi connectivity index (χ0n) is 6.63. The average molecular weight is 217 g/mol. The van der Waals surface area contributed by atoms with Crippen molar-refractivity contribution < 1.29 is 9.53 Å². The lowest BCUT2D eigenvalue weighted by Crippen LogP contribution is -1.96. The summed E-state index contributed by atoms with van der Waals surface area (Å²) < 4.78 is 4.56. The molecule has 1 N–H and O–H groups in total. The molecular formula is C7H5ClN2O2S. The van der Waals surface area contributed by atoms with Crippen LogP contribution in [0.4, 0.5) is 0 Å². The van der Waals surface area contributed by atoms with Crippen LogP contribution in [0, 0.1) is 0 Å². The first-order valence-electron chi connectivity index (χ1n) is 3.44. The Balaban J connectivity index is 2.51. The summed E-state index contributed by atoms with van der Waals surface area (Å²) in [5.41, 5.74) is 0.760. The first-order valence-corrected chi connectivity index (χ1v) is 4.63. The maximum Gasteiger partial charge on any atom is 0.348 e. The number of H-pyrrole nitrogens is 1. The van der Waals surface area contributed by atoms with E-state index in [9.17, 15) is 4.79 Å². The van der Waals surface area contributed by atoms with Crippen LogP contribution in [-0.2, 0) is 4.74 Å². The Morgan fingerprint density at radius 3 is 3.15 bits per heavy atom. The second-order valence-electron chi connectivity index (χ2n) is 2.35. The van der Waals surface area contributed by atoms with Crippen LogP contribution in [0.3, 0.4) is 0 Å². The SMILES string of the molecule is COC(=O)c1cc2[nH]c(Cl)nc2s1. The number of methoxy groups -OCH3 is 1. The number of carbonyl (C=O) groups excluding carboxylic acids is 1. The molecule has 0 aliphatic heterocycles. The number of nitrogens with zero attached hydrogens (tertiary/aromatic N) is 1. The van der Waals surface area contributed by atoms with E-state index in [0.29, 0.717) is 15.0 Å². The second kappa shape index (κ2) is 3.01. The van der Waals surface area contributed by atoms with Gasteiger partial charge in [-0.2, -0.15) is 0 Å². The summed E-state index contributed by atoms with van der Waals surface area (Å²) in [6.07, 6.45) is 0. The zero-order valence-corrected chi connectivity index (χ0v) is 8.20. The lowest BCUT2D eigenvalue weighted by atomic mass is 10.4. The maximum absolute atomic E-state index is 11.1. The van der Waals surface area contributed by atoms with E-state index >= 15 is 0 Å². The maximum atomic E-state index is 11.1. The van der Waals surface area contributed by atoms with Crippen LogP contribution >= 0.6 is 22.9 Å². The zero-order chi connectivity index (χ0) is 9.42. The van der Waals surface area contributed by atoms with Crippen LogP contribution in [0.25, 0.3) is 10.3 Å². The number of halogens is 1. The van der Waals surface area contributed by atoms with E-state index in [1.54, 1.807) is 6.07 Å². The van der Waals surface area contributed by atoms with Crippen molar-refractivity contribution >= 4 is 39.3 Å². The summed E-state index contributed by atoms with van der Waals surface area (Å²) in [4.78, 5) is 19.1. The minimum absolute atomic E-state index is 0.331. The normalized spacial score (nSPS) is 10.6. The molecule has 6 heteroatoms. The highest BCUT2D eigenvalue weighted by Gasteiger charge is 2.12. The van der Waals surface area contributed by atoms with Gasteiger partial charge >= 0.3 is 5.97 Å². The third-order valence-corrected chi connectivity index (χ3v) is 2.72. The van der Waals surface area contributed by atoms with Gasteiger partial charge in [-0.3, -0.25) is 0 Å². The van der Waals surface area contributed by atoms with Gasteiger partial charge in [-0.05, 0) is 17.7 Å². The van der Waals surface area contributed by atoms with Gasteiger partial charge in [-0.25, -0.2) is 9.78 Å². The predicted molar refractivity (Wildman–Crippen MR) is 50.3 cm³/mol. The summed E-state index contributed by atoms with van der Waals surface area (Å²) in [5.74, 6) is -0.354. The first kappa shape index (κ1) is 8.52. The van der Waals surface area contributed by atoms with Crippen LogP contribution in [0.15, 0.2) is 6.07 Å². The molecule has 0 spiro atoms. The van der Waals surface area contributed by atoms with Crippen LogP contribution in [0.1, 0.15) is 9.67 Å². The number of imidazole rings is 1. The third-order valence-electron chi connectivity index (χ3n) is 1.54. The van der Waals surface area contributed by atoms with E-state index in [0.717, 1.165) is 5.52 Å². The largest absolute Gasteiger partial charge is 0.465 e. The standard InChI is InChI=1S/C7H5ClN2O2S/c1-12-6(11)4-2-3-5(13-4)10-7(8)9-3/h2H,1H3,(H,9,10). The van der Waals surface area contributed by atoms with Crippen LogP contribution in [0.5, 0.6) is 0 Å². The molecule has 0 saturated carbocycles. The van der Waals surface area contributed by atoms with Gasteiger partial charge in [0.25, 0.3) is 0 Å². The summed E-state index contributed by atoms with van der Waals surface area (Å²) >= 11 is 6.86. The minimum atomic E-state index is -0.354. The number of carbonyl (C=O) groups is 1. The molecule has 0 atom stereocenters. The summed E-state index contributed by atoms with van der Waals surface area (Å²) in [7, 11) is 1.34. The number of hydrogen-bond donors (Lipinski definition) is 1. The number of aromatic nitrogens is 2. The van der Waals surface area contributed by atoms with E-state index in [2.05, 4.69) is 14.7 Å². The number of ether oxygens (including phenoxy) is 1. The van der Waals surface area contributed by atoms with Crippen molar-refractivity contribution in [2.24, 2.45) is 0 Å². The molecular weight excluding hydrogens is 212 g/mol. The Morgan fingerprint density at radius 2 is 2.54 bits per heavy atom. The molecule has 68 valence electrons. The first-order chi connectivity index (χ1) is 6.20. The van der Waals surface area contributed by atoms with Gasteiger partial charge in [-0.1, -0.05) is 0 Å². The van der Waals surface area contributed by atoms with Crippen LogP contribution in [-0.4, -0.2) is 23.0 Å². The predicted octanol–water partition coefficient (Wildman–Crippen LogP) is 2.06. The van der Waals surface area contributed by atoms with E-state index in [-0.39, 0.29) is 5.97 Å². The highest BCUT2D eigenvalue weighted by molar-refractivity contribution is 7.20. The number of nitrogens with one attached hydrogen (secondary N) is 1. The Labute approximate surface area is 82.5 Å². The van der Waals surface area contributed by atoms with E-state index < -0.39 is 0 Å². The monoisotopic (exact) mass is 216 g/mol.